The van der Waals surface area contributed by atoms with Crippen molar-refractivity contribution >= 4 is 0 Å². The van der Waals surface area contributed by atoms with E-state index in [1.54, 1.807) is 6.92 Å². The van der Waals surface area contributed by atoms with E-state index in [4.69, 9.17) is 48.8 Å². The van der Waals surface area contributed by atoms with Crippen LogP contribution in [-0.4, -0.2) is 139 Å². The van der Waals surface area contributed by atoms with Crippen molar-refractivity contribution in [3.8, 4) is 0 Å². The Morgan fingerprint density at radius 3 is 1.13 bits per heavy atom. The number of aliphatic hydroxyl groups excluding tert-OH is 5. The lowest BCUT2D eigenvalue weighted by molar-refractivity contribution is -0.171. The Morgan fingerprint density at radius 2 is 0.812 bits per heavy atom. The van der Waals surface area contributed by atoms with E-state index in [9.17, 15) is 10.2 Å². The van der Waals surface area contributed by atoms with Crippen LogP contribution < -0.4 is 0 Å². The molecule has 1 heterocycles. The number of aliphatic hydroxyl groups is 6. The molecule has 13 unspecified atom stereocenters. The normalized spacial score (nSPS) is 31.0. The summed E-state index contributed by atoms with van der Waals surface area (Å²) in [4.78, 5) is 0. The average molecular weight is 1200 g/mol. The van der Waals surface area contributed by atoms with Gasteiger partial charge in [0, 0.05) is 69.0 Å². The molecule has 6 aliphatic rings. The van der Waals surface area contributed by atoms with Crippen LogP contribution in [0.25, 0.3) is 0 Å². The van der Waals surface area contributed by atoms with Crippen molar-refractivity contribution in [1.82, 2.24) is 0 Å². The number of hydrogen-bond acceptors (Lipinski definition) is 12. The number of unbranched alkanes of at least 4 members (excludes halogenated alkanes) is 1. The fraction of sp³-hybridized carbons (Fsp3) is 0.863. The van der Waals surface area contributed by atoms with Gasteiger partial charge >= 0.3 is 0 Å². The van der Waals surface area contributed by atoms with Crippen molar-refractivity contribution in [2.75, 3.05) is 59.5 Å². The van der Waals surface area contributed by atoms with Crippen molar-refractivity contribution in [1.29, 1.82) is 0 Å². The lowest BCUT2D eigenvalue weighted by Crippen LogP contribution is -2.42. The van der Waals surface area contributed by atoms with Gasteiger partial charge in [0.05, 0.1) is 56.9 Å². The molecule has 0 radical (unpaired) electrons. The molecule has 85 heavy (non-hydrogen) atoms. The third-order valence-electron chi connectivity index (χ3n) is 19.2. The van der Waals surface area contributed by atoms with Gasteiger partial charge in [0.15, 0.2) is 6.29 Å². The molecule has 0 amide bonds. The molecule has 5 saturated carbocycles. The van der Waals surface area contributed by atoms with Crippen LogP contribution in [0.15, 0.2) is 60.8 Å². The zero-order valence-corrected chi connectivity index (χ0v) is 57.6. The minimum atomic E-state index is -1.15. The van der Waals surface area contributed by atoms with Crippen molar-refractivity contribution in [2.45, 2.75) is 288 Å². The minimum Gasteiger partial charge on any atom is -0.396 e. The molecule has 0 aromatic rings. The summed E-state index contributed by atoms with van der Waals surface area (Å²) >= 11 is 0. The first-order valence-corrected chi connectivity index (χ1v) is 33.3. The summed E-state index contributed by atoms with van der Waals surface area (Å²) in [5.74, 6) is 2.30. The Bertz CT molecular complexity index is 1940. The van der Waals surface area contributed by atoms with Crippen LogP contribution in [0.1, 0.15) is 239 Å². The van der Waals surface area contributed by atoms with Crippen LogP contribution in [0, 0.1) is 56.7 Å². The summed E-state index contributed by atoms with van der Waals surface area (Å²) < 4.78 is 35.4. The van der Waals surface area contributed by atoms with Gasteiger partial charge < -0.3 is 59.1 Å². The van der Waals surface area contributed by atoms with Crippen molar-refractivity contribution in [2.24, 2.45) is 56.7 Å². The predicted octanol–water partition coefficient (Wildman–Crippen LogP) is 15.3. The summed E-state index contributed by atoms with van der Waals surface area (Å²) in [5.41, 5.74) is 6.67. The summed E-state index contributed by atoms with van der Waals surface area (Å²) in [7, 11) is 0. The van der Waals surface area contributed by atoms with Crippen LogP contribution in [0.3, 0.4) is 0 Å². The molecule has 6 N–H and O–H groups in total. The standard InChI is InChI=1S/C15H28O3.C15H26O2.C15H28O2.C14H26O3.C14H26O2/c1-11(2)12-6-7-14(3,4)8-13(12)18-10-15(5,17)9-16;1-11(2)12-7-8-15(3,4)10-13(12)17-14-6-5-9-16-14;1-12(2)13-7-8-15(3,4)11-14(13)17-10-6-5-9-16;1-10(2)12-5-6-14(3,4)7-13(12)17-9-11(16)8-15;1-11(2)12-6-7-14(3,4)10-13(12)16-9-5-8-15/h12-13,16-17H,1,6-10H2,2-5H3;12-14H,1,5-10H2,2-4H3;13-14,16H,1,5-11H2,2-4H3;11-13,15-16H,1,5-9H2,2-4H3;12-13,15H,1,5-10H2,2-4H3. The molecule has 1 saturated heterocycles. The molecule has 0 bridgehead atoms. The average Bonchev–Trinajstić information content (AvgIpc) is 2.83. The molecule has 6 fully saturated rings. The molecule has 1 aliphatic heterocycles. The maximum atomic E-state index is 9.81. The highest BCUT2D eigenvalue weighted by atomic mass is 16.7. The lowest BCUT2D eigenvalue weighted by Gasteiger charge is -2.41. The smallest absolute Gasteiger partial charge is 0.158 e. The fourth-order valence-electron chi connectivity index (χ4n) is 13.5. The Balaban J connectivity index is 0.000000363. The van der Waals surface area contributed by atoms with E-state index in [0.717, 1.165) is 101 Å². The van der Waals surface area contributed by atoms with E-state index < -0.39 is 11.7 Å². The number of rotatable bonds is 24. The van der Waals surface area contributed by atoms with Crippen molar-refractivity contribution in [3.05, 3.63) is 60.8 Å². The van der Waals surface area contributed by atoms with Gasteiger partial charge in [0.2, 0.25) is 0 Å². The molecule has 0 aromatic heterocycles. The van der Waals surface area contributed by atoms with E-state index >= 15 is 0 Å². The highest BCUT2D eigenvalue weighted by molar-refractivity contribution is 5.08. The number of hydrogen-bond donors (Lipinski definition) is 6. The molecule has 6 rings (SSSR count). The van der Waals surface area contributed by atoms with E-state index in [1.807, 2.05) is 13.8 Å². The van der Waals surface area contributed by atoms with Gasteiger partial charge in [-0.15, -0.1) is 0 Å². The first-order valence-electron chi connectivity index (χ1n) is 33.3. The van der Waals surface area contributed by atoms with Gasteiger partial charge in [-0.3, -0.25) is 0 Å². The molecule has 13 atom stereocenters. The molecule has 498 valence electrons. The van der Waals surface area contributed by atoms with Gasteiger partial charge in [-0.1, -0.05) is 130 Å². The lowest BCUT2D eigenvalue weighted by atomic mass is 9.69. The molecular formula is C73H134O12. The van der Waals surface area contributed by atoms with Crippen LogP contribution in [0.2, 0.25) is 0 Å². The highest BCUT2D eigenvalue weighted by Gasteiger charge is 2.41. The van der Waals surface area contributed by atoms with Crippen molar-refractivity contribution in [3.63, 3.8) is 0 Å². The van der Waals surface area contributed by atoms with Crippen LogP contribution in [-0.2, 0) is 28.4 Å². The Labute approximate surface area is 521 Å². The Morgan fingerprint density at radius 1 is 0.482 bits per heavy atom. The second-order valence-corrected chi connectivity index (χ2v) is 31.5. The van der Waals surface area contributed by atoms with Gasteiger partial charge in [-0.25, -0.2) is 0 Å². The first kappa shape index (κ1) is 79.3. The van der Waals surface area contributed by atoms with Crippen molar-refractivity contribution < 1.29 is 59.1 Å². The zero-order chi connectivity index (χ0) is 64.6. The molecular weight excluding hydrogens is 1070 g/mol. The third-order valence-corrected chi connectivity index (χ3v) is 19.2. The third kappa shape index (κ3) is 30.7. The Hall–Kier alpha value is -1.78. The van der Waals surface area contributed by atoms with Crippen LogP contribution in [0.4, 0.5) is 0 Å². The van der Waals surface area contributed by atoms with Crippen LogP contribution in [0.5, 0.6) is 0 Å². The van der Waals surface area contributed by atoms with Gasteiger partial charge in [-0.05, 0) is 191 Å². The van der Waals surface area contributed by atoms with Gasteiger partial charge in [-0.2, -0.15) is 0 Å². The molecule has 12 heteroatoms. The molecule has 0 spiro atoms. The summed E-state index contributed by atoms with van der Waals surface area (Å²) in [6.45, 7) is 58.0. The van der Waals surface area contributed by atoms with Crippen LogP contribution >= 0.6 is 0 Å². The maximum Gasteiger partial charge on any atom is 0.158 e. The highest BCUT2D eigenvalue weighted by Crippen LogP contribution is 2.46. The number of ether oxygens (including phenoxy) is 6. The first-order chi connectivity index (χ1) is 39.4. The Kier molecular flexibility index (Phi) is 35.0. The zero-order valence-electron chi connectivity index (χ0n) is 57.6. The maximum absolute atomic E-state index is 9.81. The predicted molar refractivity (Wildman–Crippen MR) is 351 cm³/mol. The summed E-state index contributed by atoms with van der Waals surface area (Å²) in [5, 5.41) is 54.5. The van der Waals surface area contributed by atoms with Gasteiger partial charge in [0.1, 0.15) is 11.7 Å². The van der Waals surface area contributed by atoms with E-state index in [-0.39, 0.29) is 63.6 Å². The quantitative estimate of drug-likeness (QED) is 0.0399. The monoisotopic (exact) mass is 1200 g/mol. The van der Waals surface area contributed by atoms with E-state index in [2.05, 4.69) is 123 Å². The molecule has 0 aromatic carbocycles. The van der Waals surface area contributed by atoms with E-state index in [1.165, 1.54) is 68.1 Å². The molecule has 12 nitrogen and oxygen atoms in total. The van der Waals surface area contributed by atoms with E-state index in [0.29, 0.717) is 76.2 Å². The fourth-order valence-corrected chi connectivity index (χ4v) is 13.5. The largest absolute Gasteiger partial charge is 0.396 e. The summed E-state index contributed by atoms with van der Waals surface area (Å²) in [6.07, 6.45) is 22.4. The van der Waals surface area contributed by atoms with Gasteiger partial charge in [0.25, 0.3) is 0 Å². The topological polar surface area (TPSA) is 177 Å². The minimum absolute atomic E-state index is 0.0377. The molecule has 5 aliphatic carbocycles. The summed E-state index contributed by atoms with van der Waals surface area (Å²) in [6, 6.07) is 0. The second kappa shape index (κ2) is 37.5. The second-order valence-electron chi connectivity index (χ2n) is 31.5. The SMILES string of the molecule is C=C(C)C1CCC(C)(C)CC1OC1CCCO1.C=C(C)C1CCC(C)(C)CC1OCC(C)(O)CO.C=C(C)C1CCC(C)(C)CC1OCC(O)CO.C=C(C)C1CCC(C)(C)CC1OCCCCO.C=C(C)C1CCC(C)(C)CC1OCCCO.